The van der Waals surface area contributed by atoms with Gasteiger partial charge in [0.1, 0.15) is 11.6 Å². The van der Waals surface area contributed by atoms with Gasteiger partial charge in [0.15, 0.2) is 0 Å². The van der Waals surface area contributed by atoms with Gasteiger partial charge in [-0.25, -0.2) is 4.98 Å². The van der Waals surface area contributed by atoms with Crippen LogP contribution in [0.3, 0.4) is 0 Å². The molecule has 18 heavy (non-hydrogen) atoms. The number of aryl methyl sites for hydroxylation is 2. The van der Waals surface area contributed by atoms with Crippen molar-refractivity contribution in [3.05, 3.63) is 48.0 Å². The molecule has 2 rings (SSSR count). The van der Waals surface area contributed by atoms with Gasteiger partial charge >= 0.3 is 0 Å². The SMILES string of the molecule is COc1ccc(C(N)CCc2nccn2C)cc1. The number of hydrogen-bond acceptors (Lipinski definition) is 3. The van der Waals surface area contributed by atoms with Gasteiger partial charge in [-0.1, -0.05) is 12.1 Å². The molecule has 0 saturated carbocycles. The van der Waals surface area contributed by atoms with Crippen molar-refractivity contribution in [2.45, 2.75) is 18.9 Å². The quantitative estimate of drug-likeness (QED) is 0.877. The molecule has 0 bridgehead atoms. The number of methoxy groups -OCH3 is 1. The van der Waals surface area contributed by atoms with E-state index in [0.29, 0.717) is 0 Å². The van der Waals surface area contributed by atoms with Gasteiger partial charge in [-0.15, -0.1) is 0 Å². The molecule has 0 aliphatic rings. The lowest BCUT2D eigenvalue weighted by Gasteiger charge is -2.12. The number of hydrogen-bond donors (Lipinski definition) is 1. The van der Waals surface area contributed by atoms with Gasteiger partial charge in [-0.2, -0.15) is 0 Å². The molecule has 0 fully saturated rings. The zero-order chi connectivity index (χ0) is 13.0. The lowest BCUT2D eigenvalue weighted by molar-refractivity contribution is 0.414. The maximum Gasteiger partial charge on any atom is 0.118 e. The molecule has 96 valence electrons. The second kappa shape index (κ2) is 5.69. The summed E-state index contributed by atoms with van der Waals surface area (Å²) < 4.78 is 7.16. The summed E-state index contributed by atoms with van der Waals surface area (Å²) in [6.07, 6.45) is 5.54. The van der Waals surface area contributed by atoms with E-state index in [1.165, 1.54) is 0 Å². The third kappa shape index (κ3) is 2.90. The number of imidazole rings is 1. The zero-order valence-corrected chi connectivity index (χ0v) is 10.8. The second-order valence-electron chi connectivity index (χ2n) is 4.37. The first-order valence-corrected chi connectivity index (χ1v) is 6.06. The first-order valence-electron chi connectivity index (χ1n) is 6.06. The summed E-state index contributed by atoms with van der Waals surface area (Å²) in [7, 11) is 3.66. The van der Waals surface area contributed by atoms with Crippen molar-refractivity contribution < 1.29 is 4.74 Å². The van der Waals surface area contributed by atoms with Gasteiger partial charge in [0, 0.05) is 31.9 Å². The molecule has 1 heterocycles. The van der Waals surface area contributed by atoms with Crippen LogP contribution in [-0.4, -0.2) is 16.7 Å². The fraction of sp³-hybridized carbons (Fsp3) is 0.357. The summed E-state index contributed by atoms with van der Waals surface area (Å²) in [5.41, 5.74) is 7.30. The molecule has 0 aliphatic carbocycles. The van der Waals surface area contributed by atoms with Crippen LogP contribution >= 0.6 is 0 Å². The minimum atomic E-state index is 0.0348. The number of nitrogens with zero attached hydrogens (tertiary/aromatic N) is 2. The summed E-state index contributed by atoms with van der Waals surface area (Å²) in [6.45, 7) is 0. The van der Waals surface area contributed by atoms with Gasteiger partial charge in [0.2, 0.25) is 0 Å². The molecule has 1 atom stereocenters. The van der Waals surface area contributed by atoms with Crippen LogP contribution in [0, 0.1) is 0 Å². The summed E-state index contributed by atoms with van der Waals surface area (Å²) in [6, 6.07) is 7.95. The fourth-order valence-electron chi connectivity index (χ4n) is 1.94. The van der Waals surface area contributed by atoms with Gasteiger partial charge in [0.25, 0.3) is 0 Å². The van der Waals surface area contributed by atoms with Crippen LogP contribution in [0.25, 0.3) is 0 Å². The normalized spacial score (nSPS) is 12.4. The van der Waals surface area contributed by atoms with Crippen LogP contribution in [0.1, 0.15) is 23.9 Å². The molecule has 1 aromatic heterocycles. The topological polar surface area (TPSA) is 53.1 Å². The molecule has 2 N–H and O–H groups in total. The number of benzene rings is 1. The minimum Gasteiger partial charge on any atom is -0.497 e. The summed E-state index contributed by atoms with van der Waals surface area (Å²) in [5.74, 6) is 1.93. The maximum atomic E-state index is 6.18. The first kappa shape index (κ1) is 12.6. The number of ether oxygens (including phenoxy) is 1. The van der Waals surface area contributed by atoms with Crippen molar-refractivity contribution in [3.8, 4) is 5.75 Å². The summed E-state index contributed by atoms with van der Waals surface area (Å²) >= 11 is 0. The molecule has 2 aromatic rings. The van der Waals surface area contributed by atoms with Crippen LogP contribution in [0.5, 0.6) is 5.75 Å². The Morgan fingerprint density at radius 1 is 1.33 bits per heavy atom. The fourth-order valence-corrected chi connectivity index (χ4v) is 1.94. The molecule has 0 radical (unpaired) electrons. The lowest BCUT2D eigenvalue weighted by atomic mass is 10.0. The van der Waals surface area contributed by atoms with Crippen molar-refractivity contribution in [1.82, 2.24) is 9.55 Å². The van der Waals surface area contributed by atoms with E-state index in [-0.39, 0.29) is 6.04 Å². The van der Waals surface area contributed by atoms with E-state index in [9.17, 15) is 0 Å². The minimum absolute atomic E-state index is 0.0348. The smallest absolute Gasteiger partial charge is 0.118 e. The van der Waals surface area contributed by atoms with Crippen molar-refractivity contribution in [2.75, 3.05) is 7.11 Å². The van der Waals surface area contributed by atoms with Crippen molar-refractivity contribution >= 4 is 0 Å². The number of aromatic nitrogens is 2. The molecular formula is C14H19N3O. The average Bonchev–Trinajstić information content (AvgIpc) is 2.81. The van der Waals surface area contributed by atoms with Crippen LogP contribution in [-0.2, 0) is 13.5 Å². The number of rotatable bonds is 5. The third-order valence-corrected chi connectivity index (χ3v) is 3.14. The lowest BCUT2D eigenvalue weighted by Crippen LogP contribution is -2.12. The monoisotopic (exact) mass is 245 g/mol. The van der Waals surface area contributed by atoms with E-state index in [2.05, 4.69) is 4.98 Å². The predicted octanol–water partition coefficient (Wildman–Crippen LogP) is 2.06. The highest BCUT2D eigenvalue weighted by Crippen LogP contribution is 2.19. The molecular weight excluding hydrogens is 226 g/mol. The van der Waals surface area contributed by atoms with E-state index in [0.717, 1.165) is 30.0 Å². The van der Waals surface area contributed by atoms with E-state index < -0.39 is 0 Å². The highest BCUT2D eigenvalue weighted by atomic mass is 16.5. The van der Waals surface area contributed by atoms with Gasteiger partial charge in [-0.3, -0.25) is 0 Å². The van der Waals surface area contributed by atoms with Crippen molar-refractivity contribution in [1.29, 1.82) is 0 Å². The Kier molecular flexibility index (Phi) is 3.99. The second-order valence-corrected chi connectivity index (χ2v) is 4.37. The van der Waals surface area contributed by atoms with Crippen molar-refractivity contribution in [2.24, 2.45) is 12.8 Å². The van der Waals surface area contributed by atoms with Gasteiger partial charge in [0.05, 0.1) is 7.11 Å². The van der Waals surface area contributed by atoms with E-state index in [4.69, 9.17) is 10.5 Å². The first-order chi connectivity index (χ1) is 8.70. The zero-order valence-electron chi connectivity index (χ0n) is 10.8. The van der Waals surface area contributed by atoms with Gasteiger partial charge < -0.3 is 15.0 Å². The molecule has 1 unspecified atom stereocenters. The van der Waals surface area contributed by atoms with Crippen LogP contribution in [0.4, 0.5) is 0 Å². The Morgan fingerprint density at radius 2 is 2.06 bits per heavy atom. The van der Waals surface area contributed by atoms with Crippen molar-refractivity contribution in [3.63, 3.8) is 0 Å². The molecule has 1 aromatic carbocycles. The maximum absolute atomic E-state index is 6.18. The highest BCUT2D eigenvalue weighted by Gasteiger charge is 2.08. The van der Waals surface area contributed by atoms with Gasteiger partial charge in [-0.05, 0) is 24.1 Å². The molecule has 0 spiro atoms. The van der Waals surface area contributed by atoms with E-state index in [1.807, 2.05) is 48.3 Å². The molecule has 0 aliphatic heterocycles. The predicted molar refractivity (Wildman–Crippen MR) is 71.5 cm³/mol. The van der Waals surface area contributed by atoms with E-state index >= 15 is 0 Å². The Labute approximate surface area is 107 Å². The summed E-state index contributed by atoms with van der Waals surface area (Å²) in [5, 5.41) is 0. The average molecular weight is 245 g/mol. The molecule has 4 nitrogen and oxygen atoms in total. The Morgan fingerprint density at radius 3 is 2.61 bits per heavy atom. The highest BCUT2D eigenvalue weighted by molar-refractivity contribution is 5.28. The standard InChI is InChI=1S/C14H19N3O/c1-17-10-9-16-14(17)8-7-13(15)11-3-5-12(18-2)6-4-11/h3-6,9-10,13H,7-8,15H2,1-2H3. The number of nitrogens with two attached hydrogens (primary N) is 1. The van der Waals surface area contributed by atoms with Crippen LogP contribution < -0.4 is 10.5 Å². The Hall–Kier alpha value is -1.81. The van der Waals surface area contributed by atoms with E-state index in [1.54, 1.807) is 7.11 Å². The van der Waals surface area contributed by atoms with Crippen LogP contribution in [0.2, 0.25) is 0 Å². The largest absolute Gasteiger partial charge is 0.497 e. The third-order valence-electron chi connectivity index (χ3n) is 3.14. The summed E-state index contributed by atoms with van der Waals surface area (Å²) in [4.78, 5) is 4.30. The molecule has 0 saturated heterocycles. The van der Waals surface area contributed by atoms with Crippen LogP contribution in [0.15, 0.2) is 36.7 Å². The Balaban J connectivity index is 1.94. The molecule has 0 amide bonds. The Bertz CT molecular complexity index is 490. The molecule has 4 heteroatoms.